The fraction of sp³-hybridized carbons (Fsp3) is 0.214. The van der Waals surface area contributed by atoms with Crippen molar-refractivity contribution in [2.75, 3.05) is 5.73 Å². The summed E-state index contributed by atoms with van der Waals surface area (Å²) < 4.78 is 1.93. The summed E-state index contributed by atoms with van der Waals surface area (Å²) in [6.07, 6.45) is 0. The lowest BCUT2D eigenvalue weighted by atomic mass is 10.2. The molecule has 0 fully saturated rings. The Labute approximate surface area is 115 Å². The molecule has 3 N–H and O–H groups in total. The highest BCUT2D eigenvalue weighted by Crippen LogP contribution is 2.25. The van der Waals surface area contributed by atoms with Crippen LogP contribution in [0.4, 0.5) is 5.95 Å². The number of nitrogens with one attached hydrogen (secondary N) is 1. The van der Waals surface area contributed by atoms with E-state index in [1.165, 1.54) is 0 Å². The summed E-state index contributed by atoms with van der Waals surface area (Å²) in [6, 6.07) is 9.84. The normalized spacial score (nSPS) is 11.3. The number of fused-ring (bicyclic) bond motifs is 1. The maximum atomic E-state index is 12.0. The first kappa shape index (κ1) is 12.4. The number of nitrogen functional groups attached to an aromatic ring is 1. The standard InChI is InChI=1S/C14H15N5O/c1-8(2)19-11(9-6-4-3-5-7-9)16-10-12(19)17-14(15)18-13(10)20/h3-8H,1-2H3,(H3,15,17,18,20). The summed E-state index contributed by atoms with van der Waals surface area (Å²) >= 11 is 0. The Kier molecular flexibility index (Phi) is 2.78. The van der Waals surface area contributed by atoms with Crippen LogP contribution in [0.5, 0.6) is 0 Å². The van der Waals surface area contributed by atoms with Crippen molar-refractivity contribution in [1.82, 2.24) is 19.5 Å². The van der Waals surface area contributed by atoms with Gasteiger partial charge in [-0.15, -0.1) is 0 Å². The molecule has 3 rings (SSSR count). The van der Waals surface area contributed by atoms with Crippen molar-refractivity contribution in [3.8, 4) is 11.4 Å². The number of aromatic amines is 1. The quantitative estimate of drug-likeness (QED) is 0.744. The molecule has 0 saturated carbocycles. The number of nitrogens with two attached hydrogens (primary N) is 1. The first-order valence-electron chi connectivity index (χ1n) is 6.41. The summed E-state index contributed by atoms with van der Waals surface area (Å²) in [5.74, 6) is 0.822. The van der Waals surface area contributed by atoms with Crippen LogP contribution in [0.1, 0.15) is 19.9 Å². The Morgan fingerprint density at radius 3 is 2.55 bits per heavy atom. The van der Waals surface area contributed by atoms with E-state index in [9.17, 15) is 4.79 Å². The average Bonchev–Trinajstić information content (AvgIpc) is 2.79. The van der Waals surface area contributed by atoms with E-state index in [4.69, 9.17) is 5.73 Å². The summed E-state index contributed by atoms with van der Waals surface area (Å²) in [5, 5.41) is 0. The van der Waals surface area contributed by atoms with Gasteiger partial charge in [-0.3, -0.25) is 9.78 Å². The lowest BCUT2D eigenvalue weighted by Gasteiger charge is -2.12. The predicted molar refractivity (Wildman–Crippen MR) is 78.4 cm³/mol. The highest BCUT2D eigenvalue weighted by molar-refractivity contribution is 5.77. The number of nitrogens with zero attached hydrogens (tertiary/aromatic N) is 3. The van der Waals surface area contributed by atoms with E-state index >= 15 is 0 Å². The van der Waals surface area contributed by atoms with Crippen molar-refractivity contribution in [2.24, 2.45) is 0 Å². The number of imidazole rings is 1. The molecule has 0 unspecified atom stereocenters. The lowest BCUT2D eigenvalue weighted by molar-refractivity contribution is 0.619. The zero-order valence-corrected chi connectivity index (χ0v) is 11.3. The van der Waals surface area contributed by atoms with Crippen molar-refractivity contribution in [3.63, 3.8) is 0 Å². The van der Waals surface area contributed by atoms with E-state index in [1.54, 1.807) is 0 Å². The molecule has 0 aliphatic heterocycles. The van der Waals surface area contributed by atoms with Gasteiger partial charge in [0.25, 0.3) is 5.56 Å². The van der Waals surface area contributed by atoms with Crippen LogP contribution in [0.15, 0.2) is 35.1 Å². The van der Waals surface area contributed by atoms with Crippen LogP contribution in [0.3, 0.4) is 0 Å². The van der Waals surface area contributed by atoms with Crippen LogP contribution >= 0.6 is 0 Å². The number of anilines is 1. The van der Waals surface area contributed by atoms with E-state index in [0.717, 1.165) is 11.4 Å². The van der Waals surface area contributed by atoms with Crippen LogP contribution in [-0.2, 0) is 0 Å². The van der Waals surface area contributed by atoms with Crippen molar-refractivity contribution >= 4 is 17.1 Å². The van der Waals surface area contributed by atoms with Crippen LogP contribution < -0.4 is 11.3 Å². The number of rotatable bonds is 2. The Morgan fingerprint density at radius 1 is 1.20 bits per heavy atom. The van der Waals surface area contributed by atoms with E-state index in [0.29, 0.717) is 11.2 Å². The van der Waals surface area contributed by atoms with Crippen molar-refractivity contribution in [3.05, 3.63) is 40.7 Å². The number of H-pyrrole nitrogens is 1. The molecule has 1 aromatic carbocycles. The van der Waals surface area contributed by atoms with E-state index in [1.807, 2.05) is 48.7 Å². The minimum atomic E-state index is -0.316. The zero-order chi connectivity index (χ0) is 14.3. The Hall–Kier alpha value is -2.63. The van der Waals surface area contributed by atoms with Gasteiger partial charge in [-0.2, -0.15) is 4.98 Å². The summed E-state index contributed by atoms with van der Waals surface area (Å²) in [6.45, 7) is 4.04. The first-order chi connectivity index (χ1) is 9.58. The Balaban J connectivity index is 2.41. The fourth-order valence-electron chi connectivity index (χ4n) is 2.28. The van der Waals surface area contributed by atoms with E-state index in [2.05, 4.69) is 15.0 Å². The molecular weight excluding hydrogens is 254 g/mol. The van der Waals surface area contributed by atoms with Crippen LogP contribution in [0, 0.1) is 0 Å². The molecule has 0 bridgehead atoms. The SMILES string of the molecule is CC(C)n1c(-c2ccccc2)nc2c(=O)[nH]c(N)nc21. The second-order valence-corrected chi connectivity index (χ2v) is 4.89. The van der Waals surface area contributed by atoms with Crippen LogP contribution in [-0.4, -0.2) is 19.5 Å². The molecule has 0 aliphatic carbocycles. The number of hydrogen-bond acceptors (Lipinski definition) is 4. The zero-order valence-electron chi connectivity index (χ0n) is 11.3. The topological polar surface area (TPSA) is 89.6 Å². The molecule has 2 aromatic heterocycles. The first-order valence-corrected chi connectivity index (χ1v) is 6.41. The monoisotopic (exact) mass is 269 g/mol. The van der Waals surface area contributed by atoms with Gasteiger partial charge >= 0.3 is 0 Å². The molecule has 2 heterocycles. The minimum Gasteiger partial charge on any atom is -0.369 e. The minimum absolute atomic E-state index is 0.101. The number of benzene rings is 1. The Morgan fingerprint density at radius 2 is 1.90 bits per heavy atom. The third-order valence-electron chi connectivity index (χ3n) is 3.12. The summed E-state index contributed by atoms with van der Waals surface area (Å²) in [5.41, 5.74) is 7.09. The van der Waals surface area contributed by atoms with Gasteiger partial charge in [0.2, 0.25) is 5.95 Å². The molecule has 102 valence electrons. The fourth-order valence-corrected chi connectivity index (χ4v) is 2.28. The molecule has 3 aromatic rings. The summed E-state index contributed by atoms with van der Waals surface area (Å²) in [4.78, 5) is 23.1. The number of hydrogen-bond donors (Lipinski definition) is 2. The smallest absolute Gasteiger partial charge is 0.280 e. The molecular formula is C14H15N5O. The van der Waals surface area contributed by atoms with Gasteiger partial charge in [0.1, 0.15) is 5.82 Å². The van der Waals surface area contributed by atoms with E-state index in [-0.39, 0.29) is 17.5 Å². The molecule has 0 radical (unpaired) electrons. The van der Waals surface area contributed by atoms with Gasteiger partial charge in [-0.25, -0.2) is 4.98 Å². The maximum Gasteiger partial charge on any atom is 0.280 e. The number of aromatic nitrogens is 4. The van der Waals surface area contributed by atoms with Gasteiger partial charge in [-0.05, 0) is 13.8 Å². The molecule has 0 aliphatic rings. The van der Waals surface area contributed by atoms with E-state index < -0.39 is 0 Å². The largest absolute Gasteiger partial charge is 0.369 e. The molecule has 20 heavy (non-hydrogen) atoms. The van der Waals surface area contributed by atoms with Gasteiger partial charge in [0.05, 0.1) is 0 Å². The third kappa shape index (κ3) is 1.85. The molecule has 0 amide bonds. The summed E-state index contributed by atoms with van der Waals surface area (Å²) in [7, 11) is 0. The predicted octanol–water partition coefficient (Wildman–Crippen LogP) is 1.95. The molecule has 6 heteroatoms. The van der Waals surface area contributed by atoms with Crippen LogP contribution in [0.25, 0.3) is 22.6 Å². The molecule has 0 saturated heterocycles. The van der Waals surface area contributed by atoms with Gasteiger partial charge < -0.3 is 10.3 Å². The van der Waals surface area contributed by atoms with Gasteiger partial charge in [-0.1, -0.05) is 30.3 Å². The van der Waals surface area contributed by atoms with Crippen molar-refractivity contribution in [2.45, 2.75) is 19.9 Å². The maximum absolute atomic E-state index is 12.0. The highest BCUT2D eigenvalue weighted by atomic mass is 16.1. The van der Waals surface area contributed by atoms with Gasteiger partial charge in [0, 0.05) is 11.6 Å². The van der Waals surface area contributed by atoms with Gasteiger partial charge in [0.15, 0.2) is 11.2 Å². The third-order valence-corrected chi connectivity index (χ3v) is 3.12. The Bertz CT molecular complexity index is 817. The lowest BCUT2D eigenvalue weighted by Crippen LogP contribution is -2.12. The molecule has 6 nitrogen and oxygen atoms in total. The van der Waals surface area contributed by atoms with Crippen molar-refractivity contribution < 1.29 is 0 Å². The second kappa shape index (κ2) is 4.48. The molecule has 0 spiro atoms. The average molecular weight is 269 g/mol. The van der Waals surface area contributed by atoms with Crippen LogP contribution in [0.2, 0.25) is 0 Å². The van der Waals surface area contributed by atoms with Crippen molar-refractivity contribution in [1.29, 1.82) is 0 Å². The molecule has 0 atom stereocenters. The second-order valence-electron chi connectivity index (χ2n) is 4.89. The highest BCUT2D eigenvalue weighted by Gasteiger charge is 2.18.